The molecule has 16 heavy (non-hydrogen) atoms. The topological polar surface area (TPSA) is 51.1 Å². The predicted octanol–water partition coefficient (Wildman–Crippen LogP) is 1.20. The van der Waals surface area contributed by atoms with E-state index in [1.54, 1.807) is 13.1 Å². The van der Waals surface area contributed by atoms with E-state index in [1.165, 1.54) is 0 Å². The number of carbonyl (C=O) groups is 2. The number of benzene rings is 1. The Labute approximate surface area is 92.9 Å². The molecule has 2 rings (SSSR count). The molecule has 1 heterocycles. The van der Waals surface area contributed by atoms with Crippen molar-refractivity contribution in [2.75, 3.05) is 7.05 Å². The predicted molar refractivity (Wildman–Crippen MR) is 61.4 cm³/mol. The van der Waals surface area contributed by atoms with E-state index >= 15 is 0 Å². The summed E-state index contributed by atoms with van der Waals surface area (Å²) in [5.74, 6) is -0.0445. The number of nitrogens with one attached hydrogen (secondary N) is 1. The highest BCUT2D eigenvalue weighted by Crippen LogP contribution is 2.16. The molecule has 4 nitrogen and oxygen atoms in total. The summed E-state index contributed by atoms with van der Waals surface area (Å²) < 4.78 is 1.85. The molecule has 0 bridgehead atoms. The minimum atomic E-state index is -0.0445. The summed E-state index contributed by atoms with van der Waals surface area (Å²) in [5, 5.41) is 3.54. The van der Waals surface area contributed by atoms with Crippen molar-refractivity contribution < 1.29 is 9.59 Å². The molecule has 0 radical (unpaired) electrons. The number of likely N-dealkylation sites (N-methyl/N-ethyl adjacent to an activating group) is 1. The Hall–Kier alpha value is -2.10. The Morgan fingerprint density at radius 2 is 2.25 bits per heavy atom. The number of amides is 1. The van der Waals surface area contributed by atoms with Crippen molar-refractivity contribution in [2.24, 2.45) is 0 Å². The number of hydrogen-bond acceptors (Lipinski definition) is 2. The van der Waals surface area contributed by atoms with Crippen LogP contribution in [0.15, 0.2) is 30.5 Å². The SMILES string of the molecule is CNC(=O)Cn1ccc2cc(C=O)ccc21. The molecular formula is C12H12N2O2. The van der Waals surface area contributed by atoms with Crippen molar-refractivity contribution in [2.45, 2.75) is 6.54 Å². The molecule has 0 aliphatic carbocycles. The minimum Gasteiger partial charge on any atom is -0.358 e. The van der Waals surface area contributed by atoms with Crippen molar-refractivity contribution in [3.8, 4) is 0 Å². The Balaban J connectivity index is 2.41. The van der Waals surface area contributed by atoms with Crippen LogP contribution in [0.25, 0.3) is 10.9 Å². The standard InChI is InChI=1S/C12H12N2O2/c1-13-12(16)7-14-5-4-10-6-9(8-15)2-3-11(10)14/h2-6,8H,7H2,1H3,(H,13,16). The van der Waals surface area contributed by atoms with Gasteiger partial charge in [-0.25, -0.2) is 0 Å². The van der Waals surface area contributed by atoms with Crippen LogP contribution in [0.2, 0.25) is 0 Å². The number of hydrogen-bond donors (Lipinski definition) is 1. The average molecular weight is 216 g/mol. The molecule has 0 aliphatic heterocycles. The zero-order valence-corrected chi connectivity index (χ0v) is 8.93. The van der Waals surface area contributed by atoms with Gasteiger partial charge in [0.2, 0.25) is 5.91 Å². The number of fused-ring (bicyclic) bond motifs is 1. The molecular weight excluding hydrogens is 204 g/mol. The maximum atomic E-state index is 11.3. The summed E-state index contributed by atoms with van der Waals surface area (Å²) >= 11 is 0. The van der Waals surface area contributed by atoms with Crippen LogP contribution in [0.4, 0.5) is 0 Å². The molecule has 2 aromatic rings. The lowest BCUT2D eigenvalue weighted by Crippen LogP contribution is -2.22. The van der Waals surface area contributed by atoms with Crippen LogP contribution in [-0.4, -0.2) is 23.8 Å². The summed E-state index contributed by atoms with van der Waals surface area (Å²) in [6.45, 7) is 0.292. The third kappa shape index (κ3) is 1.82. The molecule has 0 atom stereocenters. The fourth-order valence-electron chi connectivity index (χ4n) is 1.66. The normalized spacial score (nSPS) is 10.3. The number of aromatic nitrogens is 1. The van der Waals surface area contributed by atoms with Gasteiger partial charge in [0.15, 0.2) is 0 Å². The number of aldehydes is 1. The lowest BCUT2D eigenvalue weighted by atomic mass is 10.2. The van der Waals surface area contributed by atoms with Gasteiger partial charge < -0.3 is 9.88 Å². The maximum Gasteiger partial charge on any atom is 0.239 e. The van der Waals surface area contributed by atoms with E-state index in [2.05, 4.69) is 5.32 Å². The summed E-state index contributed by atoms with van der Waals surface area (Å²) in [7, 11) is 1.61. The monoisotopic (exact) mass is 216 g/mol. The van der Waals surface area contributed by atoms with Gasteiger partial charge in [-0.15, -0.1) is 0 Å². The molecule has 0 unspecified atom stereocenters. The largest absolute Gasteiger partial charge is 0.358 e. The first-order chi connectivity index (χ1) is 7.74. The van der Waals surface area contributed by atoms with Crippen molar-refractivity contribution in [3.05, 3.63) is 36.0 Å². The van der Waals surface area contributed by atoms with Crippen molar-refractivity contribution in [1.82, 2.24) is 9.88 Å². The lowest BCUT2D eigenvalue weighted by Gasteiger charge is -2.03. The Bertz CT molecular complexity index is 543. The third-order valence-corrected chi connectivity index (χ3v) is 2.52. The van der Waals surface area contributed by atoms with E-state index in [-0.39, 0.29) is 5.91 Å². The first-order valence-corrected chi connectivity index (χ1v) is 4.99. The second kappa shape index (κ2) is 4.18. The van der Waals surface area contributed by atoms with Crippen molar-refractivity contribution in [3.63, 3.8) is 0 Å². The zero-order chi connectivity index (χ0) is 11.5. The molecule has 0 spiro atoms. The molecule has 0 saturated carbocycles. The molecule has 0 saturated heterocycles. The third-order valence-electron chi connectivity index (χ3n) is 2.52. The van der Waals surface area contributed by atoms with Crippen LogP contribution in [-0.2, 0) is 11.3 Å². The number of carbonyl (C=O) groups excluding carboxylic acids is 2. The van der Waals surface area contributed by atoms with E-state index in [0.29, 0.717) is 12.1 Å². The molecule has 1 aromatic carbocycles. The molecule has 0 fully saturated rings. The molecule has 4 heteroatoms. The lowest BCUT2D eigenvalue weighted by molar-refractivity contribution is -0.121. The second-order valence-electron chi connectivity index (χ2n) is 3.55. The summed E-state index contributed by atoms with van der Waals surface area (Å²) in [6.07, 6.45) is 2.66. The van der Waals surface area contributed by atoms with E-state index in [1.807, 2.05) is 29.0 Å². The van der Waals surface area contributed by atoms with Gasteiger partial charge in [0.1, 0.15) is 12.8 Å². The summed E-state index contributed by atoms with van der Waals surface area (Å²) in [5.41, 5.74) is 1.60. The average Bonchev–Trinajstić information content (AvgIpc) is 2.71. The van der Waals surface area contributed by atoms with Gasteiger partial charge in [0.05, 0.1) is 0 Å². The molecule has 82 valence electrons. The highest BCUT2D eigenvalue weighted by atomic mass is 16.1. The van der Waals surface area contributed by atoms with Gasteiger partial charge in [-0.1, -0.05) is 0 Å². The molecule has 1 aromatic heterocycles. The van der Waals surface area contributed by atoms with Crippen molar-refractivity contribution in [1.29, 1.82) is 0 Å². The van der Waals surface area contributed by atoms with E-state index in [0.717, 1.165) is 17.2 Å². The fourth-order valence-corrected chi connectivity index (χ4v) is 1.66. The van der Waals surface area contributed by atoms with E-state index in [9.17, 15) is 9.59 Å². The zero-order valence-electron chi connectivity index (χ0n) is 8.93. The quantitative estimate of drug-likeness (QED) is 0.784. The van der Waals surface area contributed by atoms with Gasteiger partial charge in [-0.3, -0.25) is 9.59 Å². The van der Waals surface area contributed by atoms with Crippen LogP contribution >= 0.6 is 0 Å². The van der Waals surface area contributed by atoms with Crippen LogP contribution in [0.1, 0.15) is 10.4 Å². The van der Waals surface area contributed by atoms with Crippen molar-refractivity contribution >= 4 is 23.1 Å². The summed E-state index contributed by atoms with van der Waals surface area (Å²) in [4.78, 5) is 21.9. The number of nitrogens with zero attached hydrogens (tertiary/aromatic N) is 1. The fraction of sp³-hybridized carbons (Fsp3) is 0.167. The highest BCUT2D eigenvalue weighted by molar-refractivity contribution is 5.88. The van der Waals surface area contributed by atoms with Crippen LogP contribution < -0.4 is 5.32 Å². The first-order valence-electron chi connectivity index (χ1n) is 4.99. The van der Waals surface area contributed by atoms with Gasteiger partial charge in [0, 0.05) is 29.7 Å². The minimum absolute atomic E-state index is 0.0445. The van der Waals surface area contributed by atoms with Gasteiger partial charge in [-0.05, 0) is 24.3 Å². The van der Waals surface area contributed by atoms with E-state index < -0.39 is 0 Å². The van der Waals surface area contributed by atoms with Crippen LogP contribution in [0.3, 0.4) is 0 Å². The van der Waals surface area contributed by atoms with Crippen LogP contribution in [0, 0.1) is 0 Å². The Morgan fingerprint density at radius 1 is 1.44 bits per heavy atom. The Morgan fingerprint density at radius 3 is 2.94 bits per heavy atom. The molecule has 1 N–H and O–H groups in total. The van der Waals surface area contributed by atoms with Gasteiger partial charge in [0.25, 0.3) is 0 Å². The maximum absolute atomic E-state index is 11.3. The smallest absolute Gasteiger partial charge is 0.239 e. The molecule has 1 amide bonds. The van der Waals surface area contributed by atoms with Gasteiger partial charge in [-0.2, -0.15) is 0 Å². The second-order valence-corrected chi connectivity index (χ2v) is 3.55. The molecule has 0 aliphatic rings. The van der Waals surface area contributed by atoms with Crippen LogP contribution in [0.5, 0.6) is 0 Å². The first kappa shape index (κ1) is 10.4. The Kier molecular flexibility index (Phi) is 2.72. The number of rotatable bonds is 3. The van der Waals surface area contributed by atoms with E-state index in [4.69, 9.17) is 0 Å². The summed E-state index contributed by atoms with van der Waals surface area (Å²) in [6, 6.07) is 7.30. The highest BCUT2D eigenvalue weighted by Gasteiger charge is 2.04. The van der Waals surface area contributed by atoms with Gasteiger partial charge >= 0.3 is 0 Å².